The average Bonchev–Trinajstić information content (AvgIpc) is 2.34. The van der Waals surface area contributed by atoms with Crippen LogP contribution in [0.1, 0.15) is 22.9 Å². The van der Waals surface area contributed by atoms with E-state index in [2.05, 4.69) is 10.4 Å². The highest BCUT2D eigenvalue weighted by atomic mass is 35.5. The van der Waals surface area contributed by atoms with Gasteiger partial charge in [0.1, 0.15) is 0 Å². The first-order valence-electron chi connectivity index (χ1n) is 5.36. The number of benzene rings is 1. The lowest BCUT2D eigenvalue weighted by molar-refractivity contribution is 0.617. The molecule has 0 aliphatic rings. The maximum atomic E-state index is 6.18. The summed E-state index contributed by atoms with van der Waals surface area (Å²) in [4.78, 5) is 4.37. The summed E-state index contributed by atoms with van der Waals surface area (Å²) in [5, 5.41) is 0.681. The molecule has 0 aliphatic heterocycles. The zero-order chi connectivity index (χ0) is 12.3. The highest BCUT2D eigenvalue weighted by Crippen LogP contribution is 2.27. The fourth-order valence-electron chi connectivity index (χ4n) is 1.83. The highest BCUT2D eigenvalue weighted by molar-refractivity contribution is 6.31. The maximum absolute atomic E-state index is 6.18. The molecule has 1 atom stereocenters. The Bertz CT molecular complexity index is 468. The number of rotatable bonds is 3. The van der Waals surface area contributed by atoms with Crippen LogP contribution in [0.25, 0.3) is 0 Å². The molecule has 0 saturated carbocycles. The molecule has 17 heavy (non-hydrogen) atoms. The van der Waals surface area contributed by atoms with Gasteiger partial charge in [-0.15, -0.1) is 0 Å². The third kappa shape index (κ3) is 2.47. The quantitative estimate of drug-likeness (QED) is 0.648. The number of hydrazine groups is 1. The number of hydrogen-bond acceptors (Lipinski definition) is 3. The van der Waals surface area contributed by atoms with E-state index in [0.29, 0.717) is 5.02 Å². The van der Waals surface area contributed by atoms with E-state index in [-0.39, 0.29) is 6.04 Å². The molecule has 0 aliphatic carbocycles. The highest BCUT2D eigenvalue weighted by Gasteiger charge is 2.17. The molecule has 1 aromatic heterocycles. The fraction of sp³-hybridized carbons (Fsp3) is 0.154. The SMILES string of the molecule is Cc1cccnc1C(NN)c1ccccc1Cl. The molecular formula is C13H14ClN3. The molecule has 0 saturated heterocycles. The smallest absolute Gasteiger partial charge is 0.0898 e. The third-order valence-electron chi connectivity index (χ3n) is 2.71. The summed E-state index contributed by atoms with van der Waals surface area (Å²) in [6, 6.07) is 11.3. The Morgan fingerprint density at radius 1 is 1.24 bits per heavy atom. The van der Waals surface area contributed by atoms with E-state index in [1.807, 2.05) is 43.3 Å². The summed E-state index contributed by atoms with van der Waals surface area (Å²) < 4.78 is 0. The molecule has 2 aromatic rings. The van der Waals surface area contributed by atoms with E-state index in [9.17, 15) is 0 Å². The summed E-state index contributed by atoms with van der Waals surface area (Å²) in [6.45, 7) is 2.00. The molecule has 88 valence electrons. The van der Waals surface area contributed by atoms with Gasteiger partial charge in [-0.2, -0.15) is 0 Å². The molecule has 1 unspecified atom stereocenters. The van der Waals surface area contributed by atoms with Crippen LogP contribution in [0.5, 0.6) is 0 Å². The molecular weight excluding hydrogens is 234 g/mol. The van der Waals surface area contributed by atoms with E-state index in [0.717, 1.165) is 16.8 Å². The van der Waals surface area contributed by atoms with Crippen LogP contribution in [0.4, 0.5) is 0 Å². The fourth-order valence-corrected chi connectivity index (χ4v) is 2.07. The zero-order valence-electron chi connectivity index (χ0n) is 9.52. The van der Waals surface area contributed by atoms with Crippen molar-refractivity contribution in [2.75, 3.05) is 0 Å². The van der Waals surface area contributed by atoms with Gasteiger partial charge in [0.2, 0.25) is 0 Å². The first kappa shape index (κ1) is 12.0. The largest absolute Gasteiger partial charge is 0.271 e. The first-order chi connectivity index (χ1) is 8.24. The van der Waals surface area contributed by atoms with Crippen molar-refractivity contribution in [1.82, 2.24) is 10.4 Å². The molecule has 3 nitrogen and oxygen atoms in total. The van der Waals surface area contributed by atoms with Crippen LogP contribution in [-0.4, -0.2) is 4.98 Å². The summed E-state index contributed by atoms with van der Waals surface area (Å²) >= 11 is 6.18. The van der Waals surface area contributed by atoms with Crippen molar-refractivity contribution in [2.24, 2.45) is 5.84 Å². The predicted molar refractivity (Wildman–Crippen MR) is 69.6 cm³/mol. The van der Waals surface area contributed by atoms with Crippen molar-refractivity contribution >= 4 is 11.6 Å². The number of pyridine rings is 1. The van der Waals surface area contributed by atoms with Gasteiger partial charge in [0.15, 0.2) is 0 Å². The van der Waals surface area contributed by atoms with E-state index in [1.54, 1.807) is 6.20 Å². The first-order valence-corrected chi connectivity index (χ1v) is 5.74. The lowest BCUT2D eigenvalue weighted by Gasteiger charge is -2.18. The molecule has 1 heterocycles. The van der Waals surface area contributed by atoms with Crippen LogP contribution >= 0.6 is 11.6 Å². The number of hydrogen-bond donors (Lipinski definition) is 2. The molecule has 1 aromatic carbocycles. The molecule has 3 N–H and O–H groups in total. The number of halogens is 1. The second-order valence-corrected chi connectivity index (χ2v) is 4.23. The van der Waals surface area contributed by atoms with E-state index in [4.69, 9.17) is 17.4 Å². The van der Waals surface area contributed by atoms with Crippen LogP contribution in [0.2, 0.25) is 5.02 Å². The number of aryl methyl sites for hydroxylation is 1. The van der Waals surface area contributed by atoms with Crippen molar-refractivity contribution in [3.8, 4) is 0 Å². The van der Waals surface area contributed by atoms with Crippen LogP contribution in [0.3, 0.4) is 0 Å². The van der Waals surface area contributed by atoms with Gasteiger partial charge < -0.3 is 0 Å². The summed E-state index contributed by atoms with van der Waals surface area (Å²) in [5.74, 6) is 5.63. The summed E-state index contributed by atoms with van der Waals surface area (Å²) in [5.41, 5.74) is 5.67. The van der Waals surface area contributed by atoms with Crippen LogP contribution < -0.4 is 11.3 Å². The van der Waals surface area contributed by atoms with E-state index < -0.39 is 0 Å². The molecule has 0 fully saturated rings. The minimum Gasteiger partial charge on any atom is -0.271 e. The molecule has 0 radical (unpaired) electrons. The molecule has 2 rings (SSSR count). The Morgan fingerprint density at radius 3 is 2.65 bits per heavy atom. The Hall–Kier alpha value is -1.42. The Kier molecular flexibility index (Phi) is 3.74. The van der Waals surface area contributed by atoms with Gasteiger partial charge in [0.05, 0.1) is 11.7 Å². The lowest BCUT2D eigenvalue weighted by Crippen LogP contribution is -2.30. The lowest BCUT2D eigenvalue weighted by atomic mass is 10.0. The number of nitrogens with one attached hydrogen (secondary N) is 1. The van der Waals surface area contributed by atoms with Crippen LogP contribution in [-0.2, 0) is 0 Å². The Balaban J connectivity index is 2.48. The van der Waals surface area contributed by atoms with Crippen molar-refractivity contribution in [1.29, 1.82) is 0 Å². The van der Waals surface area contributed by atoms with Crippen LogP contribution in [0, 0.1) is 6.92 Å². The van der Waals surface area contributed by atoms with Crippen molar-refractivity contribution in [3.63, 3.8) is 0 Å². The van der Waals surface area contributed by atoms with E-state index in [1.165, 1.54) is 0 Å². The second kappa shape index (κ2) is 5.27. The number of nitrogens with two attached hydrogens (primary N) is 1. The third-order valence-corrected chi connectivity index (χ3v) is 3.05. The molecule has 4 heteroatoms. The minimum absolute atomic E-state index is 0.190. The van der Waals surface area contributed by atoms with Gasteiger partial charge in [0.25, 0.3) is 0 Å². The molecule has 0 bridgehead atoms. The minimum atomic E-state index is -0.190. The summed E-state index contributed by atoms with van der Waals surface area (Å²) in [7, 11) is 0. The van der Waals surface area contributed by atoms with Crippen LogP contribution in [0.15, 0.2) is 42.6 Å². The van der Waals surface area contributed by atoms with Gasteiger partial charge in [0, 0.05) is 11.2 Å². The Morgan fingerprint density at radius 2 is 2.00 bits per heavy atom. The normalized spacial score (nSPS) is 12.4. The zero-order valence-corrected chi connectivity index (χ0v) is 10.3. The molecule has 0 amide bonds. The van der Waals surface area contributed by atoms with Gasteiger partial charge in [-0.1, -0.05) is 35.9 Å². The predicted octanol–water partition coefficient (Wildman–Crippen LogP) is 2.60. The van der Waals surface area contributed by atoms with Gasteiger partial charge in [-0.25, -0.2) is 5.43 Å². The monoisotopic (exact) mass is 247 g/mol. The van der Waals surface area contributed by atoms with Gasteiger partial charge in [-0.3, -0.25) is 10.8 Å². The van der Waals surface area contributed by atoms with Gasteiger partial charge in [-0.05, 0) is 30.2 Å². The Labute approximate surface area is 106 Å². The van der Waals surface area contributed by atoms with Crippen molar-refractivity contribution < 1.29 is 0 Å². The summed E-state index contributed by atoms with van der Waals surface area (Å²) in [6.07, 6.45) is 1.75. The van der Waals surface area contributed by atoms with Crippen molar-refractivity contribution in [3.05, 3.63) is 64.4 Å². The van der Waals surface area contributed by atoms with E-state index >= 15 is 0 Å². The topological polar surface area (TPSA) is 50.9 Å². The van der Waals surface area contributed by atoms with Gasteiger partial charge >= 0.3 is 0 Å². The maximum Gasteiger partial charge on any atom is 0.0898 e. The van der Waals surface area contributed by atoms with Crippen molar-refractivity contribution in [2.45, 2.75) is 13.0 Å². The standard InChI is InChI=1S/C13H14ClN3/c1-9-5-4-8-16-12(9)13(17-15)10-6-2-3-7-11(10)14/h2-8,13,17H,15H2,1H3. The number of aromatic nitrogens is 1. The average molecular weight is 248 g/mol. The molecule has 0 spiro atoms. The number of nitrogens with zero attached hydrogens (tertiary/aromatic N) is 1. The second-order valence-electron chi connectivity index (χ2n) is 3.83.